The van der Waals surface area contributed by atoms with E-state index in [2.05, 4.69) is 0 Å². The molecule has 0 amide bonds. The molecule has 88 valence electrons. The van der Waals surface area contributed by atoms with Crippen LogP contribution in [0.15, 0.2) is 18.2 Å². The summed E-state index contributed by atoms with van der Waals surface area (Å²) in [6.07, 6.45) is 2.06. The summed E-state index contributed by atoms with van der Waals surface area (Å²) in [6.45, 7) is 0.785. The molecule has 2 aromatic rings. The van der Waals surface area contributed by atoms with E-state index in [9.17, 15) is 4.79 Å². The molecule has 0 N–H and O–H groups in total. The van der Waals surface area contributed by atoms with E-state index in [1.165, 1.54) is 24.0 Å². The van der Waals surface area contributed by atoms with Crippen molar-refractivity contribution in [2.45, 2.75) is 12.8 Å². The first-order valence-corrected chi connectivity index (χ1v) is 6.38. The second-order valence-electron chi connectivity index (χ2n) is 4.01. The Kier molecular flexibility index (Phi) is 2.52. The van der Waals surface area contributed by atoms with Crippen molar-refractivity contribution >= 4 is 27.4 Å². The van der Waals surface area contributed by atoms with E-state index < -0.39 is 0 Å². The molecule has 0 saturated carbocycles. The van der Waals surface area contributed by atoms with Crippen LogP contribution in [0.4, 0.5) is 0 Å². The molecule has 1 aromatic carbocycles. The SMILES string of the molecule is COC(=O)c1cc2ccc3c(c2s1)CCCO3. The molecule has 0 radical (unpaired) electrons. The number of carbonyl (C=O) groups is 1. The Morgan fingerprint density at radius 3 is 3.18 bits per heavy atom. The van der Waals surface area contributed by atoms with Gasteiger partial charge in [-0.15, -0.1) is 11.3 Å². The molecule has 1 aromatic heterocycles. The van der Waals surface area contributed by atoms with Gasteiger partial charge in [-0.05, 0) is 36.4 Å². The molecule has 0 fully saturated rings. The summed E-state index contributed by atoms with van der Waals surface area (Å²) in [4.78, 5) is 12.2. The number of aryl methyl sites for hydroxylation is 1. The number of hydrogen-bond donors (Lipinski definition) is 0. The molecule has 0 unspecified atom stereocenters. The molecule has 17 heavy (non-hydrogen) atoms. The summed E-state index contributed by atoms with van der Waals surface area (Å²) in [7, 11) is 1.41. The summed E-state index contributed by atoms with van der Waals surface area (Å²) in [6, 6.07) is 5.88. The summed E-state index contributed by atoms with van der Waals surface area (Å²) >= 11 is 1.49. The van der Waals surface area contributed by atoms with Gasteiger partial charge in [-0.3, -0.25) is 0 Å². The van der Waals surface area contributed by atoms with Gasteiger partial charge >= 0.3 is 5.97 Å². The molecule has 3 rings (SSSR count). The fraction of sp³-hybridized carbons (Fsp3) is 0.308. The van der Waals surface area contributed by atoms with Crippen molar-refractivity contribution in [1.29, 1.82) is 0 Å². The van der Waals surface area contributed by atoms with E-state index in [4.69, 9.17) is 9.47 Å². The first-order chi connectivity index (χ1) is 8.29. The van der Waals surface area contributed by atoms with Crippen LogP contribution in [0.3, 0.4) is 0 Å². The average molecular weight is 248 g/mol. The Labute approximate surface area is 103 Å². The van der Waals surface area contributed by atoms with Gasteiger partial charge in [0.1, 0.15) is 10.6 Å². The van der Waals surface area contributed by atoms with Crippen molar-refractivity contribution in [1.82, 2.24) is 0 Å². The monoisotopic (exact) mass is 248 g/mol. The Morgan fingerprint density at radius 1 is 1.47 bits per heavy atom. The lowest BCUT2D eigenvalue weighted by Gasteiger charge is -2.17. The van der Waals surface area contributed by atoms with Crippen LogP contribution in [-0.2, 0) is 11.2 Å². The molecular formula is C13H12O3S. The molecule has 0 atom stereocenters. The van der Waals surface area contributed by atoms with Crippen LogP contribution in [0.2, 0.25) is 0 Å². The normalized spacial score (nSPS) is 14.2. The maximum atomic E-state index is 11.5. The number of rotatable bonds is 1. The van der Waals surface area contributed by atoms with Gasteiger partial charge in [0.15, 0.2) is 0 Å². The Balaban J connectivity index is 2.18. The number of hydrogen-bond acceptors (Lipinski definition) is 4. The summed E-state index contributed by atoms with van der Waals surface area (Å²) in [5, 5.41) is 1.10. The minimum Gasteiger partial charge on any atom is -0.493 e. The zero-order chi connectivity index (χ0) is 11.8. The summed E-state index contributed by atoms with van der Waals surface area (Å²) < 4.78 is 11.5. The quantitative estimate of drug-likeness (QED) is 0.728. The zero-order valence-electron chi connectivity index (χ0n) is 9.49. The fourth-order valence-corrected chi connectivity index (χ4v) is 3.29. The third-order valence-electron chi connectivity index (χ3n) is 2.96. The second-order valence-corrected chi connectivity index (χ2v) is 5.07. The van der Waals surface area contributed by atoms with Crippen molar-refractivity contribution in [2.75, 3.05) is 13.7 Å². The smallest absolute Gasteiger partial charge is 0.348 e. The molecule has 0 bridgehead atoms. The van der Waals surface area contributed by atoms with Crippen LogP contribution in [0.5, 0.6) is 5.75 Å². The van der Waals surface area contributed by atoms with Crippen LogP contribution >= 0.6 is 11.3 Å². The second kappa shape index (κ2) is 4.04. The predicted octanol–water partition coefficient (Wildman–Crippen LogP) is 3.01. The standard InChI is InChI=1S/C13H12O3S/c1-15-13(14)11-7-8-4-5-10-9(12(8)17-11)3-2-6-16-10/h4-5,7H,2-3,6H2,1H3. The molecule has 0 saturated heterocycles. The van der Waals surface area contributed by atoms with Crippen molar-refractivity contribution < 1.29 is 14.3 Å². The lowest BCUT2D eigenvalue weighted by atomic mass is 10.0. The predicted molar refractivity (Wildman–Crippen MR) is 67.0 cm³/mol. The Bertz CT molecular complexity index is 586. The average Bonchev–Trinajstić information content (AvgIpc) is 2.82. The minimum atomic E-state index is -0.267. The molecular weight excluding hydrogens is 236 g/mol. The molecule has 4 heteroatoms. The van der Waals surface area contributed by atoms with E-state index in [1.807, 2.05) is 18.2 Å². The maximum Gasteiger partial charge on any atom is 0.348 e. The van der Waals surface area contributed by atoms with Crippen LogP contribution in [0.25, 0.3) is 10.1 Å². The van der Waals surface area contributed by atoms with E-state index in [1.54, 1.807) is 0 Å². The van der Waals surface area contributed by atoms with Gasteiger partial charge in [0.05, 0.1) is 13.7 Å². The lowest BCUT2D eigenvalue weighted by Crippen LogP contribution is -2.07. The highest BCUT2D eigenvalue weighted by Gasteiger charge is 2.17. The fourth-order valence-electron chi connectivity index (χ4n) is 2.15. The Morgan fingerprint density at radius 2 is 2.35 bits per heavy atom. The maximum absolute atomic E-state index is 11.5. The highest BCUT2D eigenvalue weighted by Crippen LogP contribution is 2.37. The van der Waals surface area contributed by atoms with E-state index in [-0.39, 0.29) is 5.97 Å². The van der Waals surface area contributed by atoms with Gasteiger partial charge in [0.25, 0.3) is 0 Å². The van der Waals surface area contributed by atoms with Crippen molar-refractivity contribution in [3.63, 3.8) is 0 Å². The number of methoxy groups -OCH3 is 1. The van der Waals surface area contributed by atoms with Gasteiger partial charge in [0.2, 0.25) is 0 Å². The van der Waals surface area contributed by atoms with E-state index in [0.29, 0.717) is 4.88 Å². The third-order valence-corrected chi connectivity index (χ3v) is 4.15. The molecule has 1 aliphatic rings. The zero-order valence-corrected chi connectivity index (χ0v) is 10.3. The van der Waals surface area contributed by atoms with Crippen LogP contribution in [0.1, 0.15) is 21.7 Å². The number of fused-ring (bicyclic) bond motifs is 3. The van der Waals surface area contributed by atoms with Gasteiger partial charge < -0.3 is 9.47 Å². The molecule has 0 spiro atoms. The minimum absolute atomic E-state index is 0.267. The molecule has 3 nitrogen and oxygen atoms in total. The van der Waals surface area contributed by atoms with Gasteiger partial charge in [-0.25, -0.2) is 4.79 Å². The van der Waals surface area contributed by atoms with E-state index in [0.717, 1.165) is 35.3 Å². The Hall–Kier alpha value is -1.55. The molecule has 2 heterocycles. The van der Waals surface area contributed by atoms with Crippen LogP contribution < -0.4 is 4.74 Å². The molecule has 0 aliphatic carbocycles. The van der Waals surface area contributed by atoms with Gasteiger partial charge in [-0.2, -0.15) is 0 Å². The summed E-state index contributed by atoms with van der Waals surface area (Å²) in [5.74, 6) is 0.693. The molecule has 1 aliphatic heterocycles. The van der Waals surface area contributed by atoms with E-state index >= 15 is 0 Å². The van der Waals surface area contributed by atoms with Crippen molar-refractivity contribution in [3.8, 4) is 5.75 Å². The number of esters is 1. The first-order valence-electron chi connectivity index (χ1n) is 5.56. The third kappa shape index (κ3) is 1.69. The van der Waals surface area contributed by atoms with Crippen molar-refractivity contribution in [2.24, 2.45) is 0 Å². The number of benzene rings is 1. The van der Waals surface area contributed by atoms with Crippen molar-refractivity contribution in [3.05, 3.63) is 28.6 Å². The number of thiophene rings is 1. The summed E-state index contributed by atoms with van der Waals surface area (Å²) in [5.41, 5.74) is 1.23. The highest BCUT2D eigenvalue weighted by atomic mass is 32.1. The van der Waals surface area contributed by atoms with Crippen LogP contribution in [0, 0.1) is 0 Å². The number of carbonyl (C=O) groups excluding carboxylic acids is 1. The largest absolute Gasteiger partial charge is 0.493 e. The topological polar surface area (TPSA) is 35.5 Å². The van der Waals surface area contributed by atoms with Crippen LogP contribution in [-0.4, -0.2) is 19.7 Å². The van der Waals surface area contributed by atoms with Gasteiger partial charge in [0, 0.05) is 10.3 Å². The highest BCUT2D eigenvalue weighted by molar-refractivity contribution is 7.21. The van der Waals surface area contributed by atoms with Gasteiger partial charge in [-0.1, -0.05) is 0 Å². The first kappa shape index (κ1) is 10.6. The lowest BCUT2D eigenvalue weighted by molar-refractivity contribution is 0.0606. The number of ether oxygens (including phenoxy) is 2.